The maximum absolute atomic E-state index is 13.7. The number of aryl methyl sites for hydroxylation is 1. The first kappa shape index (κ1) is 19.8. The molecule has 2 aromatic heterocycles. The Morgan fingerprint density at radius 3 is 2.81 bits per heavy atom. The monoisotopic (exact) mass is 438 g/mol. The number of rotatable bonds is 5. The third kappa shape index (κ3) is 4.07. The van der Waals surface area contributed by atoms with E-state index in [2.05, 4.69) is 15.4 Å². The van der Waals surface area contributed by atoms with Crippen molar-refractivity contribution in [3.8, 4) is 5.69 Å². The first-order valence-electron chi connectivity index (χ1n) is 10.2. The van der Waals surface area contributed by atoms with Gasteiger partial charge in [-0.15, -0.1) is 11.3 Å². The molecule has 4 aromatic rings. The van der Waals surface area contributed by atoms with E-state index in [-0.39, 0.29) is 11.9 Å². The number of carbonyl (C=O) groups excluding carboxylic acids is 1. The maximum Gasteiger partial charge on any atom is 0.220 e. The molecule has 0 saturated carbocycles. The number of halogens is 2. The van der Waals surface area contributed by atoms with Gasteiger partial charge < -0.3 is 5.32 Å². The van der Waals surface area contributed by atoms with E-state index in [9.17, 15) is 13.6 Å². The Morgan fingerprint density at radius 2 is 2.00 bits per heavy atom. The molecule has 1 aliphatic rings. The Morgan fingerprint density at radius 1 is 1.19 bits per heavy atom. The molecule has 0 unspecified atom stereocenters. The molecule has 1 atom stereocenters. The van der Waals surface area contributed by atoms with Crippen molar-refractivity contribution < 1.29 is 13.6 Å². The number of thiazole rings is 1. The first-order chi connectivity index (χ1) is 15.1. The summed E-state index contributed by atoms with van der Waals surface area (Å²) >= 11 is 1.61. The fraction of sp³-hybridized carbons (Fsp3) is 0.261. The molecule has 0 aliphatic heterocycles. The van der Waals surface area contributed by atoms with Crippen LogP contribution in [0.1, 0.15) is 41.6 Å². The summed E-state index contributed by atoms with van der Waals surface area (Å²) in [5, 5.41) is 8.40. The number of amides is 1. The molecular weight excluding hydrogens is 418 g/mol. The van der Waals surface area contributed by atoms with Crippen molar-refractivity contribution in [2.45, 2.75) is 38.1 Å². The van der Waals surface area contributed by atoms with Crippen LogP contribution in [0.3, 0.4) is 0 Å². The van der Waals surface area contributed by atoms with Crippen molar-refractivity contribution in [2.24, 2.45) is 0 Å². The van der Waals surface area contributed by atoms with Gasteiger partial charge in [0.25, 0.3) is 0 Å². The van der Waals surface area contributed by atoms with Gasteiger partial charge in [-0.2, -0.15) is 5.10 Å². The van der Waals surface area contributed by atoms with Crippen molar-refractivity contribution in [2.75, 3.05) is 0 Å². The summed E-state index contributed by atoms with van der Waals surface area (Å²) in [4.78, 5) is 17.2. The standard InChI is InChI=1S/C23H20F2N4OS/c24-14-10-15(25)12-16(11-14)29-20-6-3-5-18(17(20)13-26-29)27-22(30)8-9-23-28-19-4-1-2-7-21(19)31-23/h1-2,4,7,10-13,18H,3,5-6,8-9H2,(H,27,30)/t18-/m0/s1. The minimum atomic E-state index is -0.644. The highest BCUT2D eigenvalue weighted by Gasteiger charge is 2.26. The third-order valence-corrected chi connectivity index (χ3v) is 6.61. The van der Waals surface area contributed by atoms with E-state index in [4.69, 9.17) is 0 Å². The van der Waals surface area contributed by atoms with Gasteiger partial charge in [0, 0.05) is 30.2 Å². The van der Waals surface area contributed by atoms with E-state index < -0.39 is 11.6 Å². The van der Waals surface area contributed by atoms with Crippen LogP contribution in [0.25, 0.3) is 15.9 Å². The molecule has 0 saturated heterocycles. The molecule has 0 radical (unpaired) electrons. The lowest BCUT2D eigenvalue weighted by molar-refractivity contribution is -0.121. The fourth-order valence-electron chi connectivity index (χ4n) is 4.10. The predicted molar refractivity (Wildman–Crippen MR) is 115 cm³/mol. The third-order valence-electron chi connectivity index (χ3n) is 5.51. The van der Waals surface area contributed by atoms with Gasteiger partial charge in [-0.25, -0.2) is 18.4 Å². The zero-order valence-electron chi connectivity index (χ0n) is 16.6. The summed E-state index contributed by atoms with van der Waals surface area (Å²) in [6.45, 7) is 0. The highest BCUT2D eigenvalue weighted by atomic mass is 32.1. The number of benzene rings is 2. The molecule has 31 heavy (non-hydrogen) atoms. The predicted octanol–water partition coefficient (Wildman–Crippen LogP) is 4.89. The molecule has 2 heterocycles. The molecule has 158 valence electrons. The van der Waals surface area contributed by atoms with Crippen molar-refractivity contribution >= 4 is 27.5 Å². The number of hydrogen-bond donors (Lipinski definition) is 1. The summed E-state index contributed by atoms with van der Waals surface area (Å²) in [6.07, 6.45) is 5.05. The second-order valence-electron chi connectivity index (χ2n) is 7.67. The van der Waals surface area contributed by atoms with Crippen LogP contribution in [-0.4, -0.2) is 20.7 Å². The molecule has 2 aromatic carbocycles. The van der Waals surface area contributed by atoms with Gasteiger partial charge in [0.1, 0.15) is 11.6 Å². The van der Waals surface area contributed by atoms with Crippen LogP contribution < -0.4 is 5.32 Å². The number of para-hydroxylation sites is 1. The second-order valence-corrected chi connectivity index (χ2v) is 8.79. The molecule has 5 rings (SSSR count). The minimum absolute atomic E-state index is 0.0401. The average molecular weight is 439 g/mol. The molecule has 0 bridgehead atoms. The lowest BCUT2D eigenvalue weighted by atomic mass is 9.92. The van der Waals surface area contributed by atoms with Gasteiger partial charge in [-0.3, -0.25) is 4.79 Å². The number of nitrogens with zero attached hydrogens (tertiary/aromatic N) is 3. The zero-order chi connectivity index (χ0) is 21.4. The van der Waals surface area contributed by atoms with Gasteiger partial charge in [-0.05, 0) is 43.5 Å². The highest BCUT2D eigenvalue weighted by molar-refractivity contribution is 7.18. The molecule has 5 nitrogen and oxygen atoms in total. The first-order valence-corrected chi connectivity index (χ1v) is 11.1. The SMILES string of the molecule is O=C(CCc1nc2ccccc2s1)N[C@H]1CCCc2c1cnn2-c1cc(F)cc(F)c1. The van der Waals surface area contributed by atoms with Crippen LogP contribution in [0.5, 0.6) is 0 Å². The summed E-state index contributed by atoms with van der Waals surface area (Å²) in [6, 6.07) is 11.1. The van der Waals surface area contributed by atoms with Crippen molar-refractivity contribution in [3.05, 3.63) is 76.6 Å². The van der Waals surface area contributed by atoms with Crippen LogP contribution in [0.15, 0.2) is 48.7 Å². The topological polar surface area (TPSA) is 59.8 Å². The largest absolute Gasteiger partial charge is 0.349 e. The smallest absolute Gasteiger partial charge is 0.220 e. The summed E-state index contributed by atoms with van der Waals surface area (Å²) in [5.74, 6) is -1.33. The Kier molecular flexibility index (Phi) is 5.23. The van der Waals surface area contributed by atoms with Gasteiger partial charge in [0.2, 0.25) is 5.91 Å². The maximum atomic E-state index is 13.7. The van der Waals surface area contributed by atoms with Crippen LogP contribution in [0.4, 0.5) is 8.78 Å². The molecule has 1 aliphatic carbocycles. The number of carbonyl (C=O) groups is 1. The lowest BCUT2D eigenvalue weighted by Crippen LogP contribution is -2.31. The van der Waals surface area contributed by atoms with E-state index in [0.717, 1.165) is 51.8 Å². The van der Waals surface area contributed by atoms with E-state index in [1.165, 1.54) is 12.1 Å². The Hall–Kier alpha value is -3.13. The van der Waals surface area contributed by atoms with Gasteiger partial charge in [0.15, 0.2) is 0 Å². The minimum Gasteiger partial charge on any atom is -0.349 e. The van der Waals surface area contributed by atoms with E-state index in [1.807, 2.05) is 24.3 Å². The Balaban J connectivity index is 1.29. The number of aromatic nitrogens is 3. The molecular formula is C23H20F2N4OS. The number of fused-ring (bicyclic) bond motifs is 2. The number of hydrogen-bond acceptors (Lipinski definition) is 4. The summed E-state index contributed by atoms with van der Waals surface area (Å²) in [5.41, 5.74) is 3.10. The van der Waals surface area contributed by atoms with Crippen molar-refractivity contribution in [3.63, 3.8) is 0 Å². The number of nitrogens with one attached hydrogen (secondary N) is 1. The molecule has 8 heteroatoms. The van der Waals surface area contributed by atoms with Crippen LogP contribution in [0.2, 0.25) is 0 Å². The Labute approximate surface area is 181 Å². The fourth-order valence-corrected chi connectivity index (χ4v) is 5.07. The van der Waals surface area contributed by atoms with Gasteiger partial charge in [0.05, 0.1) is 33.2 Å². The Bertz CT molecular complexity index is 1210. The average Bonchev–Trinajstić information content (AvgIpc) is 3.36. The lowest BCUT2D eigenvalue weighted by Gasteiger charge is -2.24. The van der Waals surface area contributed by atoms with Crippen LogP contribution in [0, 0.1) is 11.6 Å². The summed E-state index contributed by atoms with van der Waals surface area (Å²) in [7, 11) is 0. The normalized spacial score (nSPS) is 15.7. The highest BCUT2D eigenvalue weighted by Crippen LogP contribution is 2.31. The van der Waals surface area contributed by atoms with Crippen molar-refractivity contribution in [1.29, 1.82) is 0 Å². The van der Waals surface area contributed by atoms with E-state index in [1.54, 1.807) is 22.2 Å². The quantitative estimate of drug-likeness (QED) is 0.483. The molecule has 0 fully saturated rings. The summed E-state index contributed by atoms with van der Waals surface area (Å²) < 4.78 is 30.0. The molecule has 0 spiro atoms. The van der Waals surface area contributed by atoms with Crippen LogP contribution in [-0.2, 0) is 17.6 Å². The van der Waals surface area contributed by atoms with Crippen LogP contribution >= 0.6 is 11.3 Å². The van der Waals surface area contributed by atoms with Gasteiger partial charge >= 0.3 is 0 Å². The molecule has 1 amide bonds. The molecule has 1 N–H and O–H groups in total. The second kappa shape index (κ2) is 8.19. The van der Waals surface area contributed by atoms with Gasteiger partial charge in [-0.1, -0.05) is 12.1 Å². The van der Waals surface area contributed by atoms with E-state index >= 15 is 0 Å². The van der Waals surface area contributed by atoms with E-state index in [0.29, 0.717) is 18.5 Å². The zero-order valence-corrected chi connectivity index (χ0v) is 17.5. The van der Waals surface area contributed by atoms with Crippen molar-refractivity contribution in [1.82, 2.24) is 20.1 Å².